The highest BCUT2D eigenvalue weighted by atomic mass is 19.1. The molecule has 33 heavy (non-hydrogen) atoms. The van der Waals surface area contributed by atoms with Gasteiger partial charge in [0.1, 0.15) is 5.82 Å². The van der Waals surface area contributed by atoms with Gasteiger partial charge in [0, 0.05) is 24.8 Å². The van der Waals surface area contributed by atoms with Crippen LogP contribution in [0.3, 0.4) is 0 Å². The van der Waals surface area contributed by atoms with Crippen molar-refractivity contribution >= 4 is 11.9 Å². The van der Waals surface area contributed by atoms with Crippen LogP contribution in [0, 0.1) is 5.82 Å². The summed E-state index contributed by atoms with van der Waals surface area (Å²) < 4.78 is 15.0. The third kappa shape index (κ3) is 4.28. The van der Waals surface area contributed by atoms with Crippen molar-refractivity contribution in [3.8, 4) is 16.9 Å². The van der Waals surface area contributed by atoms with Gasteiger partial charge in [-0.2, -0.15) is 4.68 Å². The number of hydrogen-bond acceptors (Lipinski definition) is 7. The molecule has 2 unspecified atom stereocenters. The Bertz CT molecular complexity index is 1260. The summed E-state index contributed by atoms with van der Waals surface area (Å²) in [5.41, 5.74) is 2.32. The number of amides is 1. The Hall–Kier alpha value is -4.18. The van der Waals surface area contributed by atoms with Crippen molar-refractivity contribution in [2.45, 2.75) is 12.1 Å². The number of halogens is 1. The number of pyridine rings is 1. The summed E-state index contributed by atoms with van der Waals surface area (Å²) in [5.74, 6) is -0.228. The summed E-state index contributed by atoms with van der Waals surface area (Å²) in [7, 11) is 0. The molecule has 2 atom stereocenters. The second-order valence-corrected chi connectivity index (χ2v) is 7.72. The van der Waals surface area contributed by atoms with Crippen molar-refractivity contribution in [2.24, 2.45) is 0 Å². The van der Waals surface area contributed by atoms with E-state index in [0.717, 1.165) is 5.69 Å². The number of carbonyl (C=O) groups excluding carboxylic acids is 1. The molecule has 9 nitrogen and oxygen atoms in total. The molecule has 0 aliphatic carbocycles. The number of para-hydroxylation sites is 1. The van der Waals surface area contributed by atoms with Gasteiger partial charge in [0.15, 0.2) is 0 Å². The molecule has 0 bridgehead atoms. The Morgan fingerprint density at radius 1 is 1.06 bits per heavy atom. The van der Waals surface area contributed by atoms with E-state index < -0.39 is 12.1 Å². The van der Waals surface area contributed by atoms with Crippen LogP contribution < -0.4 is 10.2 Å². The number of rotatable bonds is 5. The lowest BCUT2D eigenvalue weighted by Gasteiger charge is -2.17. The van der Waals surface area contributed by atoms with E-state index in [2.05, 4.69) is 25.8 Å². The number of tetrazole rings is 1. The molecule has 1 aliphatic heterocycles. The maximum atomic E-state index is 13.4. The molecule has 5 rings (SSSR count). The first kappa shape index (κ1) is 20.7. The van der Waals surface area contributed by atoms with E-state index in [-0.39, 0.29) is 18.3 Å². The van der Waals surface area contributed by atoms with Gasteiger partial charge in [0.2, 0.25) is 0 Å². The number of aromatic nitrogens is 5. The van der Waals surface area contributed by atoms with E-state index in [4.69, 9.17) is 0 Å². The van der Waals surface area contributed by atoms with Crippen LogP contribution in [0.5, 0.6) is 0 Å². The van der Waals surface area contributed by atoms with Crippen LogP contribution in [0.2, 0.25) is 0 Å². The molecule has 1 amide bonds. The molecule has 2 aromatic carbocycles. The average Bonchev–Trinajstić information content (AvgIpc) is 3.47. The van der Waals surface area contributed by atoms with Crippen LogP contribution >= 0.6 is 0 Å². The maximum Gasteiger partial charge on any atom is 0.253 e. The van der Waals surface area contributed by atoms with Crippen LogP contribution in [0.15, 0.2) is 72.9 Å². The fraction of sp³-hybridized carbons (Fsp3) is 0.174. The molecule has 0 saturated carbocycles. The SMILES string of the molecule is O=C(NC1CN(c2nnnn2-c2ccccc2)CC1O)c1ccc(-c2cccc(F)c2)nc1. The standard InChI is InChI=1S/C23H20FN7O2/c24-17-6-4-5-15(11-17)19-10-9-16(12-25-19)22(33)26-20-13-30(14-21(20)32)23-27-28-29-31(23)18-7-2-1-3-8-18/h1-12,20-21,32H,13-14H2,(H,26,33). The topological polar surface area (TPSA) is 109 Å². The quantitative estimate of drug-likeness (QED) is 0.483. The maximum absolute atomic E-state index is 13.4. The molecular formula is C23H20FN7O2. The summed E-state index contributed by atoms with van der Waals surface area (Å²) >= 11 is 0. The largest absolute Gasteiger partial charge is 0.389 e. The first-order chi connectivity index (χ1) is 16.1. The third-order valence-corrected chi connectivity index (χ3v) is 5.49. The minimum atomic E-state index is -0.797. The van der Waals surface area contributed by atoms with E-state index in [9.17, 15) is 14.3 Å². The Morgan fingerprint density at radius 2 is 1.91 bits per heavy atom. The van der Waals surface area contributed by atoms with Crippen molar-refractivity contribution in [1.29, 1.82) is 0 Å². The summed E-state index contributed by atoms with van der Waals surface area (Å²) in [6, 6.07) is 18.3. The number of aliphatic hydroxyl groups is 1. The first-order valence-corrected chi connectivity index (χ1v) is 10.4. The Kier molecular flexibility index (Phi) is 5.49. The lowest BCUT2D eigenvalue weighted by molar-refractivity contribution is 0.0888. The van der Waals surface area contributed by atoms with Gasteiger partial charge in [0.25, 0.3) is 11.9 Å². The van der Waals surface area contributed by atoms with Gasteiger partial charge in [-0.15, -0.1) is 0 Å². The Morgan fingerprint density at radius 3 is 2.67 bits per heavy atom. The van der Waals surface area contributed by atoms with Crippen LogP contribution in [0.1, 0.15) is 10.4 Å². The number of hydrogen-bond donors (Lipinski definition) is 2. The van der Waals surface area contributed by atoms with Gasteiger partial charge in [0.05, 0.1) is 29.1 Å². The molecule has 1 saturated heterocycles. The lowest BCUT2D eigenvalue weighted by Crippen LogP contribution is -2.42. The summed E-state index contributed by atoms with van der Waals surface area (Å²) in [6.07, 6.45) is 0.638. The Balaban J connectivity index is 1.27. The number of β-amino-alcohol motifs (C(OH)–C–C–N with tert-alkyl or cyclic N) is 1. The van der Waals surface area contributed by atoms with E-state index >= 15 is 0 Å². The minimum Gasteiger partial charge on any atom is -0.389 e. The number of nitrogens with zero attached hydrogens (tertiary/aromatic N) is 6. The predicted molar refractivity (Wildman–Crippen MR) is 118 cm³/mol. The molecule has 1 aliphatic rings. The van der Waals surface area contributed by atoms with Crippen LogP contribution in [0.25, 0.3) is 16.9 Å². The molecule has 0 radical (unpaired) electrons. The molecule has 4 aromatic rings. The second-order valence-electron chi connectivity index (χ2n) is 7.72. The first-order valence-electron chi connectivity index (χ1n) is 10.4. The van der Waals surface area contributed by atoms with Gasteiger partial charge < -0.3 is 15.3 Å². The van der Waals surface area contributed by atoms with Gasteiger partial charge >= 0.3 is 0 Å². The van der Waals surface area contributed by atoms with Crippen LogP contribution in [-0.4, -0.2) is 61.4 Å². The van der Waals surface area contributed by atoms with Crippen molar-refractivity contribution in [3.63, 3.8) is 0 Å². The highest BCUT2D eigenvalue weighted by Crippen LogP contribution is 2.21. The van der Waals surface area contributed by atoms with Crippen molar-refractivity contribution in [2.75, 3.05) is 18.0 Å². The summed E-state index contributed by atoms with van der Waals surface area (Å²) in [5, 5.41) is 25.3. The van der Waals surface area contributed by atoms with Gasteiger partial charge in [-0.3, -0.25) is 9.78 Å². The summed E-state index contributed by atoms with van der Waals surface area (Å²) in [4.78, 5) is 18.8. The predicted octanol–water partition coefficient (Wildman–Crippen LogP) is 1.84. The monoisotopic (exact) mass is 445 g/mol. The number of aliphatic hydroxyl groups excluding tert-OH is 1. The fourth-order valence-electron chi connectivity index (χ4n) is 3.81. The lowest BCUT2D eigenvalue weighted by atomic mass is 10.1. The molecular weight excluding hydrogens is 425 g/mol. The number of nitrogens with one attached hydrogen (secondary N) is 1. The second kappa shape index (κ2) is 8.75. The van der Waals surface area contributed by atoms with E-state index in [0.29, 0.717) is 29.3 Å². The smallest absolute Gasteiger partial charge is 0.253 e. The van der Waals surface area contributed by atoms with Crippen molar-refractivity contribution in [3.05, 3.63) is 84.3 Å². The molecule has 2 N–H and O–H groups in total. The zero-order valence-corrected chi connectivity index (χ0v) is 17.4. The van der Waals surface area contributed by atoms with E-state index in [1.807, 2.05) is 35.2 Å². The fourth-order valence-corrected chi connectivity index (χ4v) is 3.81. The van der Waals surface area contributed by atoms with E-state index in [1.165, 1.54) is 18.3 Å². The average molecular weight is 445 g/mol. The zero-order valence-electron chi connectivity index (χ0n) is 17.4. The van der Waals surface area contributed by atoms with Crippen LogP contribution in [0.4, 0.5) is 10.3 Å². The minimum absolute atomic E-state index is 0.273. The van der Waals surface area contributed by atoms with Crippen molar-refractivity contribution < 1.29 is 14.3 Å². The van der Waals surface area contributed by atoms with Crippen molar-refractivity contribution in [1.82, 2.24) is 30.5 Å². The van der Waals surface area contributed by atoms with Crippen LogP contribution in [-0.2, 0) is 0 Å². The Labute approximate surface area is 188 Å². The molecule has 0 spiro atoms. The summed E-state index contributed by atoms with van der Waals surface area (Å²) in [6.45, 7) is 0.615. The molecule has 1 fully saturated rings. The zero-order chi connectivity index (χ0) is 22.8. The molecule has 3 heterocycles. The molecule has 10 heteroatoms. The molecule has 2 aromatic heterocycles. The third-order valence-electron chi connectivity index (χ3n) is 5.49. The number of anilines is 1. The normalized spacial score (nSPS) is 17.8. The van der Waals surface area contributed by atoms with Gasteiger partial charge in [-0.25, -0.2) is 4.39 Å². The van der Waals surface area contributed by atoms with E-state index in [1.54, 1.807) is 28.9 Å². The van der Waals surface area contributed by atoms with Gasteiger partial charge in [-0.1, -0.05) is 35.4 Å². The highest BCUT2D eigenvalue weighted by molar-refractivity contribution is 5.94. The highest BCUT2D eigenvalue weighted by Gasteiger charge is 2.35. The molecule has 166 valence electrons. The van der Waals surface area contributed by atoms with Gasteiger partial charge in [-0.05, 0) is 46.8 Å². The number of benzene rings is 2. The number of carbonyl (C=O) groups is 1.